The largest absolute Gasteiger partial charge is 0.324 e. The van der Waals surface area contributed by atoms with Gasteiger partial charge in [-0.2, -0.15) is 4.98 Å². The lowest BCUT2D eigenvalue weighted by atomic mass is 9.89. The van der Waals surface area contributed by atoms with E-state index >= 15 is 0 Å². The van der Waals surface area contributed by atoms with E-state index in [-0.39, 0.29) is 11.1 Å². The molecule has 7 heteroatoms. The molecule has 0 aliphatic carbocycles. The summed E-state index contributed by atoms with van der Waals surface area (Å²) in [7, 11) is 8.23. The number of fused-ring (bicyclic) bond motifs is 2. The molecule has 25 heavy (non-hydrogen) atoms. The Morgan fingerprint density at radius 2 is 1.92 bits per heavy atom. The first-order valence-corrected chi connectivity index (χ1v) is 8.37. The second kappa shape index (κ2) is 6.28. The molecule has 124 valence electrons. The second-order valence-corrected chi connectivity index (χ2v) is 6.52. The minimum absolute atomic E-state index is 0.0937. The molecule has 2 aromatic carbocycles. The van der Waals surface area contributed by atoms with E-state index in [0.29, 0.717) is 28.7 Å². The third-order valence-electron chi connectivity index (χ3n) is 4.49. The van der Waals surface area contributed by atoms with Crippen molar-refractivity contribution in [1.29, 1.82) is 0 Å². The number of hydrogen-bond donors (Lipinski definition) is 0. The number of benzene rings is 2. The Hall–Kier alpha value is -2.18. The van der Waals surface area contributed by atoms with Gasteiger partial charge in [-0.1, -0.05) is 23.7 Å². The third-order valence-corrected chi connectivity index (χ3v) is 4.66. The summed E-state index contributed by atoms with van der Waals surface area (Å²) in [5.41, 5.74) is 3.12. The van der Waals surface area contributed by atoms with Crippen LogP contribution >= 0.6 is 11.6 Å². The maximum atomic E-state index is 14.6. The van der Waals surface area contributed by atoms with Gasteiger partial charge < -0.3 is 9.80 Å². The minimum Gasteiger partial charge on any atom is -0.324 e. The van der Waals surface area contributed by atoms with Gasteiger partial charge in [0.15, 0.2) is 0 Å². The van der Waals surface area contributed by atoms with Crippen LogP contribution in [-0.2, 0) is 6.54 Å². The van der Waals surface area contributed by atoms with Crippen LogP contribution in [0.5, 0.6) is 0 Å². The number of rotatable bonds is 1. The molecule has 0 N–H and O–H groups in total. The van der Waals surface area contributed by atoms with Crippen molar-refractivity contribution in [3.05, 3.63) is 53.1 Å². The van der Waals surface area contributed by atoms with E-state index in [0.717, 1.165) is 24.3 Å². The van der Waals surface area contributed by atoms with Gasteiger partial charge in [-0.15, -0.1) is 0 Å². The molecular formula is C18H15BClFN4. The Balaban J connectivity index is 2.00. The average Bonchev–Trinajstić information content (AvgIpc) is 2.74. The maximum Gasteiger partial charge on any atom is 0.224 e. The second-order valence-electron chi connectivity index (χ2n) is 6.18. The summed E-state index contributed by atoms with van der Waals surface area (Å²) in [5, 5.41) is 0.459. The molecule has 1 aliphatic heterocycles. The SMILES string of the molecule is [B]c1cccc2c1CN(C)CCN2c1nc(Cl)nc2cccc(F)c12. The lowest BCUT2D eigenvalue weighted by Crippen LogP contribution is -2.27. The van der Waals surface area contributed by atoms with Gasteiger partial charge in [0.05, 0.1) is 10.9 Å². The van der Waals surface area contributed by atoms with E-state index in [4.69, 9.17) is 19.4 Å². The Kier molecular flexibility index (Phi) is 4.09. The average molecular weight is 353 g/mol. The first-order chi connectivity index (χ1) is 12.0. The van der Waals surface area contributed by atoms with Crippen molar-refractivity contribution in [3.8, 4) is 0 Å². The van der Waals surface area contributed by atoms with Crippen molar-refractivity contribution in [2.45, 2.75) is 6.54 Å². The molecule has 0 bridgehead atoms. The number of likely N-dealkylation sites (N-methyl/N-ethyl adjacent to an activating group) is 1. The fraction of sp³-hybridized carbons (Fsp3) is 0.222. The highest BCUT2D eigenvalue weighted by molar-refractivity contribution is 6.34. The smallest absolute Gasteiger partial charge is 0.224 e. The molecule has 4 rings (SSSR count). The predicted molar refractivity (Wildman–Crippen MR) is 99.7 cm³/mol. The summed E-state index contributed by atoms with van der Waals surface area (Å²) < 4.78 is 14.6. The number of anilines is 2. The van der Waals surface area contributed by atoms with Gasteiger partial charge >= 0.3 is 0 Å². The van der Waals surface area contributed by atoms with E-state index < -0.39 is 0 Å². The van der Waals surface area contributed by atoms with Crippen molar-refractivity contribution in [2.24, 2.45) is 0 Å². The van der Waals surface area contributed by atoms with E-state index in [9.17, 15) is 4.39 Å². The first kappa shape index (κ1) is 16.3. The molecule has 1 aliphatic rings. The molecule has 4 nitrogen and oxygen atoms in total. The summed E-state index contributed by atoms with van der Waals surface area (Å²) in [6.07, 6.45) is 0. The van der Waals surface area contributed by atoms with Crippen LogP contribution in [0.4, 0.5) is 15.9 Å². The van der Waals surface area contributed by atoms with Crippen LogP contribution in [0.15, 0.2) is 36.4 Å². The quantitative estimate of drug-likeness (QED) is 0.498. The molecule has 0 saturated carbocycles. The Morgan fingerprint density at radius 3 is 2.76 bits per heavy atom. The number of aromatic nitrogens is 2. The van der Waals surface area contributed by atoms with Crippen LogP contribution in [0.25, 0.3) is 10.9 Å². The fourth-order valence-electron chi connectivity index (χ4n) is 3.27. The van der Waals surface area contributed by atoms with Crippen molar-refractivity contribution >= 4 is 47.3 Å². The molecule has 0 spiro atoms. The predicted octanol–water partition coefficient (Wildman–Crippen LogP) is 2.80. The third kappa shape index (κ3) is 2.85. The number of hydrogen-bond acceptors (Lipinski definition) is 4. The monoisotopic (exact) mass is 352 g/mol. The normalized spacial score (nSPS) is 15.2. The van der Waals surface area contributed by atoms with Crippen LogP contribution in [-0.4, -0.2) is 42.9 Å². The zero-order valence-corrected chi connectivity index (χ0v) is 14.5. The number of halogens is 2. The van der Waals surface area contributed by atoms with Crippen LogP contribution in [0.3, 0.4) is 0 Å². The summed E-state index contributed by atoms with van der Waals surface area (Å²) in [6.45, 7) is 2.15. The standard InChI is InChI=1S/C18H15BClFN4/c1-24-8-9-25(15-7-2-4-12(19)11(15)10-24)17-16-13(21)5-3-6-14(16)22-18(20)23-17/h2-7H,8-10H2,1H3. The van der Waals surface area contributed by atoms with Gasteiger partial charge in [-0.25, -0.2) is 9.37 Å². The molecule has 3 aromatic rings. The summed E-state index contributed by atoms with van der Waals surface area (Å²) in [5.74, 6) is 0.0995. The van der Waals surface area contributed by atoms with E-state index in [1.807, 2.05) is 30.1 Å². The maximum absolute atomic E-state index is 14.6. The molecular weight excluding hydrogens is 337 g/mol. The lowest BCUT2D eigenvalue weighted by molar-refractivity contribution is 0.344. The molecule has 0 saturated heterocycles. The molecule has 0 fully saturated rings. The highest BCUT2D eigenvalue weighted by Crippen LogP contribution is 2.35. The zero-order chi connectivity index (χ0) is 17.6. The lowest BCUT2D eigenvalue weighted by Gasteiger charge is -2.25. The molecule has 0 unspecified atom stereocenters. The first-order valence-electron chi connectivity index (χ1n) is 8.00. The van der Waals surface area contributed by atoms with Crippen molar-refractivity contribution in [3.63, 3.8) is 0 Å². The van der Waals surface area contributed by atoms with Gasteiger partial charge in [0.25, 0.3) is 0 Å². The molecule has 0 atom stereocenters. The van der Waals surface area contributed by atoms with Crippen molar-refractivity contribution < 1.29 is 4.39 Å². The van der Waals surface area contributed by atoms with Gasteiger partial charge in [0.2, 0.25) is 5.28 Å². The zero-order valence-electron chi connectivity index (χ0n) is 13.7. The summed E-state index contributed by atoms with van der Waals surface area (Å²) >= 11 is 6.12. The Labute approximate surface area is 151 Å². The van der Waals surface area contributed by atoms with E-state index in [2.05, 4.69) is 14.9 Å². The Bertz CT molecular complexity index is 965. The highest BCUT2D eigenvalue weighted by Gasteiger charge is 2.24. The van der Waals surface area contributed by atoms with Crippen molar-refractivity contribution in [2.75, 3.05) is 25.0 Å². The topological polar surface area (TPSA) is 32.3 Å². The summed E-state index contributed by atoms with van der Waals surface area (Å²) in [4.78, 5) is 12.7. The van der Waals surface area contributed by atoms with Gasteiger partial charge in [-0.3, -0.25) is 0 Å². The van der Waals surface area contributed by atoms with Crippen LogP contribution in [0.1, 0.15) is 5.56 Å². The molecule has 1 aromatic heterocycles. The van der Waals surface area contributed by atoms with Gasteiger partial charge in [-0.05, 0) is 42.4 Å². The minimum atomic E-state index is -0.368. The van der Waals surface area contributed by atoms with Crippen LogP contribution in [0, 0.1) is 5.82 Å². The molecule has 2 radical (unpaired) electrons. The van der Waals surface area contributed by atoms with Crippen molar-refractivity contribution in [1.82, 2.24) is 14.9 Å². The fourth-order valence-corrected chi connectivity index (χ4v) is 3.44. The summed E-state index contributed by atoms with van der Waals surface area (Å²) in [6, 6.07) is 10.5. The van der Waals surface area contributed by atoms with Gasteiger partial charge in [0, 0.05) is 25.3 Å². The molecule has 0 amide bonds. The molecule has 2 heterocycles. The Morgan fingerprint density at radius 1 is 1.12 bits per heavy atom. The highest BCUT2D eigenvalue weighted by atomic mass is 35.5. The van der Waals surface area contributed by atoms with E-state index in [1.165, 1.54) is 6.07 Å². The van der Waals surface area contributed by atoms with E-state index in [1.54, 1.807) is 12.1 Å². The van der Waals surface area contributed by atoms with Crippen LogP contribution in [0.2, 0.25) is 5.28 Å². The number of nitrogens with zero attached hydrogens (tertiary/aromatic N) is 4. The van der Waals surface area contributed by atoms with Crippen LogP contribution < -0.4 is 10.4 Å². The van der Waals surface area contributed by atoms with Gasteiger partial charge in [0.1, 0.15) is 19.5 Å².